The third-order valence-corrected chi connectivity index (χ3v) is 3.06. The largest absolute Gasteiger partial charge is 0.497 e. The molecule has 0 atom stereocenters. The summed E-state index contributed by atoms with van der Waals surface area (Å²) in [6.45, 7) is 3.69. The van der Waals surface area contributed by atoms with E-state index in [9.17, 15) is 0 Å². The van der Waals surface area contributed by atoms with Crippen LogP contribution in [-0.4, -0.2) is 49.2 Å². The number of nitrogens with one attached hydrogen (secondary N) is 2. The van der Waals surface area contributed by atoms with Crippen LogP contribution in [0.25, 0.3) is 0 Å². The first-order valence-electron chi connectivity index (χ1n) is 7.22. The van der Waals surface area contributed by atoms with E-state index in [1.165, 1.54) is 0 Å². The van der Waals surface area contributed by atoms with Crippen molar-refractivity contribution in [2.75, 3.05) is 44.9 Å². The predicted octanol–water partition coefficient (Wildman–Crippen LogP) is 2.51. The highest BCUT2D eigenvalue weighted by molar-refractivity contribution is 5.58. The highest BCUT2D eigenvalue weighted by Gasteiger charge is 2.03. The number of hydrogen-bond acceptors (Lipinski definition) is 6. The van der Waals surface area contributed by atoms with E-state index in [2.05, 4.69) is 25.5 Å². The van der Waals surface area contributed by atoms with Crippen molar-refractivity contribution in [2.45, 2.75) is 6.92 Å². The Labute approximate surface area is 131 Å². The summed E-state index contributed by atoms with van der Waals surface area (Å²) < 4.78 is 5.15. The molecule has 6 heteroatoms. The van der Waals surface area contributed by atoms with Crippen LogP contribution in [0, 0.1) is 6.92 Å². The number of anilines is 3. The summed E-state index contributed by atoms with van der Waals surface area (Å²) in [5, 5.41) is 6.52. The van der Waals surface area contributed by atoms with Crippen molar-refractivity contribution >= 4 is 17.5 Å². The van der Waals surface area contributed by atoms with E-state index < -0.39 is 0 Å². The molecule has 2 aromatic rings. The zero-order chi connectivity index (χ0) is 15.9. The maximum atomic E-state index is 5.15. The number of aromatic nitrogens is 2. The minimum Gasteiger partial charge on any atom is -0.497 e. The van der Waals surface area contributed by atoms with Crippen LogP contribution in [0.1, 0.15) is 5.69 Å². The minimum atomic E-state index is 0.637. The van der Waals surface area contributed by atoms with Crippen LogP contribution < -0.4 is 15.4 Å². The topological polar surface area (TPSA) is 62.3 Å². The summed E-state index contributed by atoms with van der Waals surface area (Å²) in [5.74, 6) is 2.23. The van der Waals surface area contributed by atoms with E-state index >= 15 is 0 Å². The molecular formula is C16H23N5O. The third kappa shape index (κ3) is 4.89. The van der Waals surface area contributed by atoms with Gasteiger partial charge in [0.05, 0.1) is 7.11 Å². The molecule has 0 radical (unpaired) electrons. The van der Waals surface area contributed by atoms with Crippen LogP contribution in [0.4, 0.5) is 17.5 Å². The normalized spacial score (nSPS) is 10.6. The van der Waals surface area contributed by atoms with Gasteiger partial charge in [0.15, 0.2) is 0 Å². The number of aryl methyl sites for hydroxylation is 1. The van der Waals surface area contributed by atoms with E-state index in [0.717, 1.165) is 36.0 Å². The maximum absolute atomic E-state index is 5.15. The number of hydrogen-bond donors (Lipinski definition) is 2. The van der Waals surface area contributed by atoms with Gasteiger partial charge in [-0.15, -0.1) is 0 Å². The standard InChI is InChI=1S/C16H23N5O/c1-12-11-15(19-13-5-7-14(22-4)8-6-13)20-16(18-12)17-9-10-21(2)3/h5-8,11H,9-10H2,1-4H3,(H2,17,18,19,20). The summed E-state index contributed by atoms with van der Waals surface area (Å²) in [6, 6.07) is 9.64. The van der Waals surface area contributed by atoms with Crippen molar-refractivity contribution in [1.29, 1.82) is 0 Å². The van der Waals surface area contributed by atoms with Crippen molar-refractivity contribution < 1.29 is 4.74 Å². The van der Waals surface area contributed by atoms with Gasteiger partial charge < -0.3 is 20.3 Å². The first kappa shape index (κ1) is 16.0. The molecule has 2 rings (SSSR count). The van der Waals surface area contributed by atoms with Crippen molar-refractivity contribution in [3.8, 4) is 5.75 Å². The zero-order valence-electron chi connectivity index (χ0n) is 13.6. The molecule has 0 spiro atoms. The Balaban J connectivity index is 2.04. The number of methoxy groups -OCH3 is 1. The fraction of sp³-hybridized carbons (Fsp3) is 0.375. The maximum Gasteiger partial charge on any atom is 0.224 e. The molecular weight excluding hydrogens is 278 g/mol. The molecule has 1 heterocycles. The summed E-state index contributed by atoms with van der Waals surface area (Å²) in [6.07, 6.45) is 0. The van der Waals surface area contributed by atoms with Gasteiger partial charge in [-0.05, 0) is 45.3 Å². The van der Waals surface area contributed by atoms with Crippen LogP contribution >= 0.6 is 0 Å². The number of rotatable bonds is 7. The Morgan fingerprint density at radius 3 is 2.50 bits per heavy atom. The molecule has 0 bridgehead atoms. The summed E-state index contributed by atoms with van der Waals surface area (Å²) in [5.41, 5.74) is 1.87. The third-order valence-electron chi connectivity index (χ3n) is 3.06. The number of nitrogens with zero attached hydrogens (tertiary/aromatic N) is 3. The lowest BCUT2D eigenvalue weighted by molar-refractivity contribution is 0.415. The fourth-order valence-corrected chi connectivity index (χ4v) is 1.93. The number of benzene rings is 1. The lowest BCUT2D eigenvalue weighted by Crippen LogP contribution is -2.21. The van der Waals surface area contributed by atoms with Gasteiger partial charge in [0, 0.05) is 30.5 Å². The summed E-state index contributed by atoms with van der Waals surface area (Å²) in [4.78, 5) is 11.0. The van der Waals surface area contributed by atoms with Crippen molar-refractivity contribution in [1.82, 2.24) is 14.9 Å². The number of ether oxygens (including phenoxy) is 1. The highest BCUT2D eigenvalue weighted by Crippen LogP contribution is 2.19. The molecule has 0 unspecified atom stereocenters. The van der Waals surface area contributed by atoms with Gasteiger partial charge >= 0.3 is 0 Å². The molecule has 2 N–H and O–H groups in total. The van der Waals surface area contributed by atoms with Crippen LogP contribution in [0.15, 0.2) is 30.3 Å². The average Bonchev–Trinajstić information content (AvgIpc) is 2.47. The second-order valence-electron chi connectivity index (χ2n) is 5.30. The minimum absolute atomic E-state index is 0.637. The highest BCUT2D eigenvalue weighted by atomic mass is 16.5. The lowest BCUT2D eigenvalue weighted by Gasteiger charge is -2.12. The molecule has 0 saturated heterocycles. The van der Waals surface area contributed by atoms with E-state index in [4.69, 9.17) is 4.74 Å². The van der Waals surface area contributed by atoms with E-state index in [0.29, 0.717) is 5.95 Å². The van der Waals surface area contributed by atoms with Crippen molar-refractivity contribution in [2.24, 2.45) is 0 Å². The smallest absolute Gasteiger partial charge is 0.224 e. The van der Waals surface area contributed by atoms with E-state index in [1.807, 2.05) is 51.4 Å². The van der Waals surface area contributed by atoms with Gasteiger partial charge in [0.25, 0.3) is 0 Å². The number of likely N-dealkylation sites (N-methyl/N-ethyl adjacent to an activating group) is 1. The SMILES string of the molecule is COc1ccc(Nc2cc(C)nc(NCCN(C)C)n2)cc1. The molecule has 22 heavy (non-hydrogen) atoms. The predicted molar refractivity (Wildman–Crippen MR) is 90.1 cm³/mol. The van der Waals surface area contributed by atoms with Gasteiger partial charge in [-0.1, -0.05) is 0 Å². The van der Waals surface area contributed by atoms with E-state index in [1.54, 1.807) is 7.11 Å². The molecule has 6 nitrogen and oxygen atoms in total. The molecule has 118 valence electrons. The molecule has 1 aromatic heterocycles. The zero-order valence-corrected chi connectivity index (χ0v) is 13.6. The Morgan fingerprint density at radius 2 is 1.86 bits per heavy atom. The summed E-state index contributed by atoms with van der Waals surface area (Å²) >= 11 is 0. The fourth-order valence-electron chi connectivity index (χ4n) is 1.93. The van der Waals surface area contributed by atoms with Gasteiger partial charge in [0.2, 0.25) is 5.95 Å². The second kappa shape index (κ2) is 7.61. The quantitative estimate of drug-likeness (QED) is 0.819. The van der Waals surface area contributed by atoms with Gasteiger partial charge in [0.1, 0.15) is 11.6 Å². The molecule has 0 aliphatic rings. The molecule has 0 saturated carbocycles. The first-order chi connectivity index (χ1) is 10.6. The molecule has 0 aliphatic heterocycles. The van der Waals surface area contributed by atoms with Crippen LogP contribution in [-0.2, 0) is 0 Å². The Kier molecular flexibility index (Phi) is 5.55. The lowest BCUT2D eigenvalue weighted by atomic mass is 10.3. The van der Waals surface area contributed by atoms with Gasteiger partial charge in [-0.2, -0.15) is 4.98 Å². The van der Waals surface area contributed by atoms with Crippen molar-refractivity contribution in [3.05, 3.63) is 36.0 Å². The van der Waals surface area contributed by atoms with Gasteiger partial charge in [-0.25, -0.2) is 4.98 Å². The van der Waals surface area contributed by atoms with Crippen LogP contribution in [0.2, 0.25) is 0 Å². The monoisotopic (exact) mass is 301 g/mol. The van der Waals surface area contributed by atoms with Crippen LogP contribution in [0.3, 0.4) is 0 Å². The Morgan fingerprint density at radius 1 is 1.14 bits per heavy atom. The summed E-state index contributed by atoms with van der Waals surface area (Å²) in [7, 11) is 5.73. The van der Waals surface area contributed by atoms with E-state index in [-0.39, 0.29) is 0 Å². The molecule has 0 amide bonds. The first-order valence-corrected chi connectivity index (χ1v) is 7.22. The Bertz CT molecular complexity index is 598. The molecule has 0 aliphatic carbocycles. The molecule has 1 aromatic carbocycles. The second-order valence-corrected chi connectivity index (χ2v) is 5.30. The van der Waals surface area contributed by atoms with Gasteiger partial charge in [-0.3, -0.25) is 0 Å². The average molecular weight is 301 g/mol. The van der Waals surface area contributed by atoms with Crippen molar-refractivity contribution in [3.63, 3.8) is 0 Å². The molecule has 0 fully saturated rings. The van der Waals surface area contributed by atoms with Crippen LogP contribution in [0.5, 0.6) is 5.75 Å². The Hall–Kier alpha value is -2.34.